The van der Waals surface area contributed by atoms with Crippen molar-refractivity contribution in [3.63, 3.8) is 0 Å². The number of aryl methyl sites for hydroxylation is 2. The van der Waals surface area contributed by atoms with Gasteiger partial charge in [0.2, 0.25) is 0 Å². The van der Waals surface area contributed by atoms with Crippen LogP contribution in [0.5, 0.6) is 0 Å². The summed E-state index contributed by atoms with van der Waals surface area (Å²) in [6.45, 7) is 6.82. The Morgan fingerprint density at radius 3 is 2.30 bits per heavy atom. The highest BCUT2D eigenvalue weighted by molar-refractivity contribution is 7.99. The fourth-order valence-electron chi connectivity index (χ4n) is 4.19. The number of hydrogen-bond acceptors (Lipinski definition) is 1. The quantitative estimate of drug-likeness (QED) is 0.347. The van der Waals surface area contributed by atoms with Gasteiger partial charge in [0, 0.05) is 33.1 Å². The minimum atomic E-state index is 0.596. The lowest BCUT2D eigenvalue weighted by Crippen LogP contribution is -2.00. The first kappa shape index (κ1) is 18.2. The highest BCUT2D eigenvalue weighted by Gasteiger charge is 2.20. The Kier molecular flexibility index (Phi) is 5.01. The molecule has 0 fully saturated rings. The minimum absolute atomic E-state index is 0.596. The molecule has 0 bridgehead atoms. The van der Waals surface area contributed by atoms with Gasteiger partial charge in [-0.3, -0.25) is 0 Å². The van der Waals surface area contributed by atoms with Gasteiger partial charge in [-0.25, -0.2) is 0 Å². The van der Waals surface area contributed by atoms with Gasteiger partial charge in [0.25, 0.3) is 0 Å². The van der Waals surface area contributed by atoms with Gasteiger partial charge < -0.3 is 4.57 Å². The highest BCUT2D eigenvalue weighted by Crippen LogP contribution is 2.44. The molecule has 0 atom stereocenters. The Labute approximate surface area is 166 Å². The molecule has 4 aromatic rings. The molecule has 0 aliphatic rings. The summed E-state index contributed by atoms with van der Waals surface area (Å²) >= 11 is 1.94. The summed E-state index contributed by atoms with van der Waals surface area (Å²) < 4.78 is 2.39. The van der Waals surface area contributed by atoms with Crippen molar-refractivity contribution in [2.45, 2.75) is 49.3 Å². The van der Waals surface area contributed by atoms with E-state index in [0.29, 0.717) is 5.92 Å². The van der Waals surface area contributed by atoms with Crippen molar-refractivity contribution in [2.24, 2.45) is 7.05 Å². The summed E-state index contributed by atoms with van der Waals surface area (Å²) in [7, 11) is 2.21. The van der Waals surface area contributed by atoms with Crippen LogP contribution in [0.1, 0.15) is 43.7 Å². The molecule has 4 rings (SSSR count). The second kappa shape index (κ2) is 7.44. The van der Waals surface area contributed by atoms with Crippen LogP contribution in [0.25, 0.3) is 21.8 Å². The lowest BCUT2D eigenvalue weighted by Gasteiger charge is -2.19. The second-order valence-corrected chi connectivity index (χ2v) is 8.39. The maximum absolute atomic E-state index is 2.39. The normalized spacial score (nSPS) is 11.7. The van der Waals surface area contributed by atoms with Gasteiger partial charge in [0.15, 0.2) is 0 Å². The molecular weight excluding hydrogens is 346 g/mol. The van der Waals surface area contributed by atoms with Gasteiger partial charge in [-0.1, -0.05) is 74.1 Å². The zero-order valence-corrected chi connectivity index (χ0v) is 17.4. The van der Waals surface area contributed by atoms with E-state index in [1.165, 1.54) is 55.6 Å². The summed E-state index contributed by atoms with van der Waals surface area (Å²) in [6.07, 6.45) is 2.35. The van der Waals surface area contributed by atoms with Crippen LogP contribution in [-0.2, 0) is 7.05 Å². The predicted molar refractivity (Wildman–Crippen MR) is 119 cm³/mol. The molecule has 138 valence electrons. The third-order valence-corrected chi connectivity index (χ3v) is 7.10. The van der Waals surface area contributed by atoms with Crippen molar-refractivity contribution in [3.05, 3.63) is 71.8 Å². The number of fused-ring (bicyclic) bond motifs is 3. The van der Waals surface area contributed by atoms with E-state index in [1.807, 2.05) is 11.8 Å². The van der Waals surface area contributed by atoms with Crippen LogP contribution in [0.2, 0.25) is 0 Å². The molecule has 0 saturated heterocycles. The van der Waals surface area contributed by atoms with Gasteiger partial charge in [0.05, 0.1) is 5.52 Å². The highest BCUT2D eigenvalue weighted by atomic mass is 32.2. The number of hydrogen-bond donors (Lipinski definition) is 0. The van der Waals surface area contributed by atoms with E-state index in [1.54, 1.807) is 0 Å². The number of aromatic nitrogens is 1. The Bertz CT molecular complexity index is 1100. The van der Waals surface area contributed by atoms with E-state index < -0.39 is 0 Å². The number of para-hydroxylation sites is 1. The van der Waals surface area contributed by atoms with Crippen molar-refractivity contribution in [1.82, 2.24) is 4.57 Å². The molecule has 0 aliphatic heterocycles. The molecule has 0 spiro atoms. The molecule has 1 aromatic heterocycles. The van der Waals surface area contributed by atoms with Crippen LogP contribution >= 0.6 is 11.8 Å². The summed E-state index contributed by atoms with van der Waals surface area (Å²) in [6, 6.07) is 22.2. The van der Waals surface area contributed by atoms with Crippen molar-refractivity contribution >= 4 is 33.6 Å². The average molecular weight is 374 g/mol. The van der Waals surface area contributed by atoms with Gasteiger partial charge >= 0.3 is 0 Å². The maximum Gasteiger partial charge on any atom is 0.0633 e. The zero-order chi connectivity index (χ0) is 19.0. The SMILES string of the molecule is CCC(CC)c1ccc2c3ccccc3n(C)c2c1Sc1ccccc1C. The molecule has 0 amide bonds. The van der Waals surface area contributed by atoms with Crippen LogP contribution in [0, 0.1) is 6.92 Å². The molecule has 0 radical (unpaired) electrons. The van der Waals surface area contributed by atoms with Crippen molar-refractivity contribution in [3.8, 4) is 0 Å². The summed E-state index contributed by atoms with van der Waals surface area (Å²) in [5, 5.41) is 2.71. The molecule has 1 heterocycles. The number of benzene rings is 3. The van der Waals surface area contributed by atoms with Crippen molar-refractivity contribution < 1.29 is 0 Å². The molecule has 0 aliphatic carbocycles. The van der Waals surface area contributed by atoms with E-state index in [9.17, 15) is 0 Å². The lowest BCUT2D eigenvalue weighted by molar-refractivity contribution is 0.632. The van der Waals surface area contributed by atoms with E-state index in [4.69, 9.17) is 0 Å². The van der Waals surface area contributed by atoms with Crippen LogP contribution in [0.15, 0.2) is 70.5 Å². The maximum atomic E-state index is 2.39. The first-order chi connectivity index (χ1) is 13.2. The first-order valence-electron chi connectivity index (χ1n) is 9.89. The zero-order valence-electron chi connectivity index (χ0n) is 16.6. The fourth-order valence-corrected chi connectivity index (χ4v) is 5.48. The lowest BCUT2D eigenvalue weighted by atomic mass is 9.93. The Morgan fingerprint density at radius 2 is 1.56 bits per heavy atom. The molecule has 2 heteroatoms. The Morgan fingerprint density at radius 1 is 0.852 bits per heavy atom. The Balaban J connectivity index is 2.04. The smallest absolute Gasteiger partial charge is 0.0633 e. The molecule has 0 N–H and O–H groups in total. The van der Waals surface area contributed by atoms with Gasteiger partial charge in [-0.2, -0.15) is 0 Å². The standard InChI is InChI=1S/C25H27NS/c1-5-18(6-2)19-15-16-21-20-12-8-9-13-22(20)26(4)24(21)25(19)27-23-14-10-7-11-17(23)3/h7-16,18H,5-6H2,1-4H3. The average Bonchev–Trinajstić information content (AvgIpc) is 2.99. The third kappa shape index (κ3) is 3.06. The van der Waals surface area contributed by atoms with Gasteiger partial charge in [0.1, 0.15) is 0 Å². The minimum Gasteiger partial charge on any atom is -0.343 e. The molecule has 3 aromatic carbocycles. The fraction of sp³-hybridized carbons (Fsp3) is 0.280. The summed E-state index contributed by atoms with van der Waals surface area (Å²) in [5.74, 6) is 0.596. The summed E-state index contributed by atoms with van der Waals surface area (Å²) in [4.78, 5) is 2.77. The van der Waals surface area contributed by atoms with E-state index in [-0.39, 0.29) is 0 Å². The predicted octanol–water partition coefficient (Wildman–Crippen LogP) is 7.69. The molecule has 27 heavy (non-hydrogen) atoms. The first-order valence-corrected chi connectivity index (χ1v) is 10.7. The molecule has 0 saturated carbocycles. The third-order valence-electron chi connectivity index (χ3n) is 5.78. The van der Waals surface area contributed by atoms with Crippen LogP contribution < -0.4 is 0 Å². The van der Waals surface area contributed by atoms with E-state index in [0.717, 1.165) is 0 Å². The largest absolute Gasteiger partial charge is 0.343 e. The number of nitrogens with zero attached hydrogens (tertiary/aromatic N) is 1. The van der Waals surface area contributed by atoms with Gasteiger partial charge in [-0.15, -0.1) is 0 Å². The van der Waals surface area contributed by atoms with Crippen molar-refractivity contribution in [2.75, 3.05) is 0 Å². The van der Waals surface area contributed by atoms with Crippen LogP contribution in [-0.4, -0.2) is 4.57 Å². The molecular formula is C25H27NS. The molecule has 1 nitrogen and oxygen atoms in total. The number of rotatable bonds is 5. The molecule has 0 unspecified atom stereocenters. The topological polar surface area (TPSA) is 4.93 Å². The monoisotopic (exact) mass is 373 g/mol. The van der Waals surface area contributed by atoms with Crippen molar-refractivity contribution in [1.29, 1.82) is 0 Å². The van der Waals surface area contributed by atoms with Gasteiger partial charge in [-0.05, 0) is 48.9 Å². The van der Waals surface area contributed by atoms with Crippen LogP contribution in [0.3, 0.4) is 0 Å². The van der Waals surface area contributed by atoms with E-state index in [2.05, 4.69) is 93.0 Å². The summed E-state index contributed by atoms with van der Waals surface area (Å²) in [5.41, 5.74) is 5.51. The second-order valence-electron chi connectivity index (χ2n) is 7.34. The van der Waals surface area contributed by atoms with Crippen LogP contribution in [0.4, 0.5) is 0 Å². The Hall–Kier alpha value is -2.19. The van der Waals surface area contributed by atoms with E-state index >= 15 is 0 Å².